The van der Waals surface area contributed by atoms with Crippen LogP contribution < -0.4 is 5.32 Å². The Morgan fingerprint density at radius 3 is 2.45 bits per heavy atom. The van der Waals surface area contributed by atoms with Gasteiger partial charge in [0, 0.05) is 32.9 Å². The second-order valence-electron chi connectivity index (χ2n) is 6.98. The highest BCUT2D eigenvalue weighted by Crippen LogP contribution is 2.44. The lowest BCUT2D eigenvalue weighted by atomic mass is 9.72. The zero-order chi connectivity index (χ0) is 16.9. The fraction of sp³-hybridized carbons (Fsp3) is 0.667. The molecule has 1 saturated heterocycles. The molecule has 0 radical (unpaired) electrons. The molecule has 1 aliphatic rings. The molecule has 1 amide bonds. The van der Waals surface area contributed by atoms with Crippen molar-refractivity contribution in [2.45, 2.75) is 38.6 Å². The maximum atomic E-state index is 12.9. The van der Waals surface area contributed by atoms with Gasteiger partial charge in [-0.15, -0.1) is 0 Å². The van der Waals surface area contributed by atoms with Gasteiger partial charge in [-0.05, 0) is 17.4 Å². The van der Waals surface area contributed by atoms with Gasteiger partial charge in [-0.2, -0.15) is 4.31 Å². The Hall–Kier alpha value is -1.34. The minimum atomic E-state index is -3.58. The van der Waals surface area contributed by atoms with Gasteiger partial charge in [0.15, 0.2) is 0 Å². The Labute approximate surface area is 132 Å². The van der Waals surface area contributed by atoms with Gasteiger partial charge in [0.05, 0.1) is 0 Å². The van der Waals surface area contributed by atoms with E-state index in [-0.39, 0.29) is 28.2 Å². The van der Waals surface area contributed by atoms with E-state index in [4.69, 9.17) is 0 Å². The second-order valence-corrected chi connectivity index (χ2v) is 8.87. The molecular formula is C15H25N3O3S. The van der Waals surface area contributed by atoms with Crippen LogP contribution in [0.5, 0.6) is 0 Å². The van der Waals surface area contributed by atoms with Crippen LogP contribution in [-0.2, 0) is 17.1 Å². The number of aryl methyl sites for hydroxylation is 1. The topological polar surface area (TPSA) is 71.4 Å². The molecule has 0 bridgehead atoms. The number of rotatable bonds is 4. The third kappa shape index (κ3) is 2.56. The van der Waals surface area contributed by atoms with Gasteiger partial charge in [-0.1, -0.05) is 27.7 Å². The Balaban J connectivity index is 2.38. The Kier molecular flexibility index (Phi) is 4.16. The van der Waals surface area contributed by atoms with Crippen molar-refractivity contribution in [3.8, 4) is 0 Å². The molecule has 2 rings (SSSR count). The summed E-state index contributed by atoms with van der Waals surface area (Å²) in [6.07, 6.45) is 1.50. The first-order valence-electron chi connectivity index (χ1n) is 7.42. The minimum absolute atomic E-state index is 0.0267. The molecule has 1 unspecified atom stereocenters. The summed E-state index contributed by atoms with van der Waals surface area (Å²) in [4.78, 5) is 11.9. The van der Waals surface area contributed by atoms with Crippen molar-refractivity contribution in [2.75, 3.05) is 13.6 Å². The summed E-state index contributed by atoms with van der Waals surface area (Å²) in [7, 11) is -0.384. The van der Waals surface area contributed by atoms with E-state index in [2.05, 4.69) is 19.2 Å². The summed E-state index contributed by atoms with van der Waals surface area (Å²) in [5.74, 6) is -0.0612. The van der Waals surface area contributed by atoms with Crippen LogP contribution >= 0.6 is 0 Å². The van der Waals surface area contributed by atoms with Crippen molar-refractivity contribution < 1.29 is 13.2 Å². The van der Waals surface area contributed by atoms with E-state index in [1.165, 1.54) is 19.3 Å². The van der Waals surface area contributed by atoms with Crippen molar-refractivity contribution in [1.82, 2.24) is 14.2 Å². The molecule has 0 aliphatic carbocycles. The third-order valence-electron chi connectivity index (χ3n) is 4.35. The number of carbonyl (C=O) groups excluding carboxylic acids is 1. The van der Waals surface area contributed by atoms with Gasteiger partial charge in [-0.3, -0.25) is 4.79 Å². The zero-order valence-corrected chi connectivity index (χ0v) is 14.9. The van der Waals surface area contributed by atoms with Crippen LogP contribution in [0.2, 0.25) is 0 Å². The molecule has 2 heterocycles. The molecule has 0 spiro atoms. The van der Waals surface area contributed by atoms with Gasteiger partial charge >= 0.3 is 0 Å². The van der Waals surface area contributed by atoms with Crippen LogP contribution in [-0.4, -0.2) is 42.8 Å². The molecule has 6 nitrogen and oxygen atoms in total. The average Bonchev–Trinajstić information content (AvgIpc) is 2.77. The molecule has 7 heteroatoms. The predicted octanol–water partition coefficient (Wildman–Crippen LogP) is 1.44. The number of nitrogens with one attached hydrogen (secondary N) is 1. The van der Waals surface area contributed by atoms with Crippen LogP contribution in [0, 0.1) is 11.3 Å². The van der Waals surface area contributed by atoms with Crippen molar-refractivity contribution in [2.24, 2.45) is 18.4 Å². The van der Waals surface area contributed by atoms with Crippen LogP contribution in [0.3, 0.4) is 0 Å². The van der Waals surface area contributed by atoms with Crippen molar-refractivity contribution in [3.05, 3.63) is 18.0 Å². The number of nitrogens with zero attached hydrogens (tertiary/aromatic N) is 2. The van der Waals surface area contributed by atoms with Crippen LogP contribution in [0.1, 0.15) is 38.2 Å². The van der Waals surface area contributed by atoms with Gasteiger partial charge < -0.3 is 9.88 Å². The summed E-state index contributed by atoms with van der Waals surface area (Å²) in [5.41, 5.74) is 0.307. The zero-order valence-electron chi connectivity index (χ0n) is 14.0. The average molecular weight is 327 g/mol. The number of aromatic nitrogens is 1. The smallest absolute Gasteiger partial charge is 0.267 e. The highest BCUT2D eigenvalue weighted by atomic mass is 32.2. The maximum absolute atomic E-state index is 12.9. The summed E-state index contributed by atoms with van der Waals surface area (Å²) in [6.45, 7) is 8.75. The number of amides is 1. The van der Waals surface area contributed by atoms with E-state index >= 15 is 0 Å². The van der Waals surface area contributed by atoms with Gasteiger partial charge in [0.1, 0.15) is 10.6 Å². The number of sulfonamides is 1. The van der Waals surface area contributed by atoms with Gasteiger partial charge in [-0.25, -0.2) is 8.42 Å². The predicted molar refractivity (Wildman–Crippen MR) is 85.1 cm³/mol. The molecule has 0 saturated carbocycles. The van der Waals surface area contributed by atoms with Crippen LogP contribution in [0.15, 0.2) is 17.2 Å². The van der Waals surface area contributed by atoms with Crippen LogP contribution in [0.25, 0.3) is 0 Å². The van der Waals surface area contributed by atoms with Crippen molar-refractivity contribution in [1.29, 1.82) is 0 Å². The summed E-state index contributed by atoms with van der Waals surface area (Å²) >= 11 is 0. The van der Waals surface area contributed by atoms with Crippen LogP contribution in [0.4, 0.5) is 0 Å². The number of hydrogen-bond acceptors (Lipinski definition) is 3. The molecule has 1 aromatic rings. The normalized spacial score (nSPS) is 21.7. The molecular weight excluding hydrogens is 302 g/mol. The molecule has 1 aliphatic heterocycles. The molecule has 1 fully saturated rings. The van der Waals surface area contributed by atoms with Crippen molar-refractivity contribution in [3.63, 3.8) is 0 Å². The molecule has 1 N–H and O–H groups in total. The molecule has 0 aromatic carbocycles. The quantitative estimate of drug-likeness (QED) is 0.909. The Morgan fingerprint density at radius 2 is 2.00 bits per heavy atom. The second kappa shape index (κ2) is 5.38. The standard InChI is InChI=1S/C15H25N3O3S/c1-10(2)13-15(3,4)9-18(13)22(20,21)11-7-12(14(19)16-5)17(6)8-11/h7-8,10,13H,9H2,1-6H3,(H,16,19). The first-order valence-corrected chi connectivity index (χ1v) is 8.86. The molecule has 22 heavy (non-hydrogen) atoms. The van der Waals surface area contributed by atoms with E-state index in [0.717, 1.165) is 0 Å². The lowest BCUT2D eigenvalue weighted by molar-refractivity contribution is -0.00924. The lowest BCUT2D eigenvalue weighted by Gasteiger charge is -2.55. The molecule has 1 atom stereocenters. The van der Waals surface area contributed by atoms with E-state index in [1.807, 2.05) is 13.8 Å². The number of hydrogen-bond donors (Lipinski definition) is 1. The van der Waals surface area contributed by atoms with E-state index in [9.17, 15) is 13.2 Å². The van der Waals surface area contributed by atoms with Crippen molar-refractivity contribution >= 4 is 15.9 Å². The minimum Gasteiger partial charge on any atom is -0.354 e. The SMILES string of the molecule is CNC(=O)c1cc(S(=O)(=O)N2CC(C)(C)C2C(C)C)cn1C. The summed E-state index contributed by atoms with van der Waals surface area (Å²) in [6, 6.07) is 1.41. The third-order valence-corrected chi connectivity index (χ3v) is 6.14. The molecule has 124 valence electrons. The van der Waals surface area contributed by atoms with Gasteiger partial charge in [0.25, 0.3) is 5.91 Å². The Bertz CT molecular complexity index is 689. The van der Waals surface area contributed by atoms with E-state index in [1.54, 1.807) is 15.9 Å². The maximum Gasteiger partial charge on any atom is 0.267 e. The monoisotopic (exact) mass is 327 g/mol. The highest BCUT2D eigenvalue weighted by molar-refractivity contribution is 7.89. The lowest BCUT2D eigenvalue weighted by Crippen LogP contribution is -2.65. The highest BCUT2D eigenvalue weighted by Gasteiger charge is 2.52. The van der Waals surface area contributed by atoms with E-state index < -0.39 is 10.0 Å². The summed E-state index contributed by atoms with van der Waals surface area (Å²) in [5, 5.41) is 2.52. The fourth-order valence-corrected chi connectivity index (χ4v) is 5.66. The number of carbonyl (C=O) groups is 1. The first kappa shape index (κ1) is 17.0. The fourth-order valence-electron chi connectivity index (χ4n) is 3.50. The van der Waals surface area contributed by atoms with E-state index in [0.29, 0.717) is 12.2 Å². The van der Waals surface area contributed by atoms with Gasteiger partial charge in [0.2, 0.25) is 10.0 Å². The largest absolute Gasteiger partial charge is 0.354 e. The first-order chi connectivity index (χ1) is 10.0. The molecule has 1 aromatic heterocycles. The Morgan fingerprint density at radius 1 is 1.41 bits per heavy atom. The summed E-state index contributed by atoms with van der Waals surface area (Å²) < 4.78 is 28.8.